The van der Waals surface area contributed by atoms with Gasteiger partial charge in [0.1, 0.15) is 0 Å². The standard InChI is InChI=1S/C15H18N4/c1-10-2-5-12(6-3-10)19-14-8-11(9-16)4-7-13(14)18-15(19)17/h4,7-8,10,12H,2-3,5-6H2,1H3,(H2,17,18). The zero-order valence-electron chi connectivity index (χ0n) is 11.1. The third-order valence-corrected chi connectivity index (χ3v) is 4.20. The number of nitrogen functional groups attached to an aromatic ring is 1. The molecule has 1 aliphatic carbocycles. The molecule has 1 fully saturated rings. The molecule has 0 unspecified atom stereocenters. The topological polar surface area (TPSA) is 67.6 Å². The predicted molar refractivity (Wildman–Crippen MR) is 75.5 cm³/mol. The number of hydrogen-bond acceptors (Lipinski definition) is 3. The molecule has 1 aromatic heterocycles. The van der Waals surface area contributed by atoms with E-state index in [9.17, 15) is 0 Å². The first kappa shape index (κ1) is 12.0. The second-order valence-electron chi connectivity index (χ2n) is 5.57. The Hall–Kier alpha value is -2.02. The van der Waals surface area contributed by atoms with Crippen LogP contribution in [-0.4, -0.2) is 9.55 Å². The summed E-state index contributed by atoms with van der Waals surface area (Å²) < 4.78 is 2.13. The van der Waals surface area contributed by atoms with Crippen LogP contribution in [0.4, 0.5) is 5.95 Å². The monoisotopic (exact) mass is 254 g/mol. The molecule has 1 saturated carbocycles. The third-order valence-electron chi connectivity index (χ3n) is 4.20. The van der Waals surface area contributed by atoms with Crippen LogP contribution >= 0.6 is 0 Å². The first-order valence-electron chi connectivity index (χ1n) is 6.86. The van der Waals surface area contributed by atoms with Crippen molar-refractivity contribution in [1.29, 1.82) is 5.26 Å². The number of imidazole rings is 1. The molecule has 2 N–H and O–H groups in total. The van der Waals surface area contributed by atoms with Crippen LogP contribution in [0.5, 0.6) is 0 Å². The zero-order valence-corrected chi connectivity index (χ0v) is 11.1. The summed E-state index contributed by atoms with van der Waals surface area (Å²) in [5, 5.41) is 9.03. The molecule has 0 atom stereocenters. The maximum Gasteiger partial charge on any atom is 0.201 e. The first-order valence-corrected chi connectivity index (χ1v) is 6.86. The molecule has 4 nitrogen and oxygen atoms in total. The summed E-state index contributed by atoms with van der Waals surface area (Å²) in [4.78, 5) is 4.41. The zero-order chi connectivity index (χ0) is 13.4. The van der Waals surface area contributed by atoms with Gasteiger partial charge in [0.15, 0.2) is 0 Å². The summed E-state index contributed by atoms with van der Waals surface area (Å²) in [5.74, 6) is 1.38. The lowest BCUT2D eigenvalue weighted by Gasteiger charge is -2.28. The fraction of sp³-hybridized carbons (Fsp3) is 0.467. The summed E-state index contributed by atoms with van der Waals surface area (Å²) in [5.41, 5.74) is 8.62. The van der Waals surface area contributed by atoms with Gasteiger partial charge in [-0.1, -0.05) is 6.92 Å². The highest BCUT2D eigenvalue weighted by atomic mass is 15.2. The molecule has 0 bridgehead atoms. The van der Waals surface area contributed by atoms with Crippen LogP contribution in [0, 0.1) is 17.2 Å². The average Bonchev–Trinajstić information content (AvgIpc) is 2.75. The number of aromatic nitrogens is 2. The van der Waals surface area contributed by atoms with Crippen molar-refractivity contribution in [2.24, 2.45) is 5.92 Å². The minimum absolute atomic E-state index is 0.426. The number of rotatable bonds is 1. The number of nitrogens with zero attached hydrogens (tertiary/aromatic N) is 3. The van der Waals surface area contributed by atoms with Crippen LogP contribution in [-0.2, 0) is 0 Å². The van der Waals surface area contributed by atoms with E-state index in [0.29, 0.717) is 17.6 Å². The van der Waals surface area contributed by atoms with Crippen LogP contribution in [0.2, 0.25) is 0 Å². The van der Waals surface area contributed by atoms with E-state index in [1.165, 1.54) is 12.8 Å². The molecule has 19 heavy (non-hydrogen) atoms. The molecule has 0 radical (unpaired) electrons. The van der Waals surface area contributed by atoms with Crippen molar-refractivity contribution in [3.63, 3.8) is 0 Å². The SMILES string of the molecule is CC1CCC(n2c(N)nc3ccc(C#N)cc32)CC1. The van der Waals surface area contributed by atoms with Crippen LogP contribution in [0.25, 0.3) is 11.0 Å². The van der Waals surface area contributed by atoms with Gasteiger partial charge in [0.2, 0.25) is 5.95 Å². The van der Waals surface area contributed by atoms with Crippen LogP contribution < -0.4 is 5.73 Å². The van der Waals surface area contributed by atoms with E-state index >= 15 is 0 Å². The highest BCUT2D eigenvalue weighted by Crippen LogP contribution is 2.35. The van der Waals surface area contributed by atoms with Crippen molar-refractivity contribution in [3.8, 4) is 6.07 Å². The number of anilines is 1. The second-order valence-corrected chi connectivity index (χ2v) is 5.57. The van der Waals surface area contributed by atoms with Crippen LogP contribution in [0.1, 0.15) is 44.2 Å². The van der Waals surface area contributed by atoms with Crippen LogP contribution in [0.15, 0.2) is 18.2 Å². The van der Waals surface area contributed by atoms with E-state index in [-0.39, 0.29) is 0 Å². The van der Waals surface area contributed by atoms with Crippen molar-refractivity contribution in [1.82, 2.24) is 9.55 Å². The lowest BCUT2D eigenvalue weighted by atomic mass is 9.87. The first-order chi connectivity index (χ1) is 9.19. The largest absolute Gasteiger partial charge is 0.369 e. The van der Waals surface area contributed by atoms with E-state index in [0.717, 1.165) is 29.8 Å². The van der Waals surface area contributed by atoms with E-state index in [1.807, 2.05) is 12.1 Å². The molecule has 0 amide bonds. The van der Waals surface area contributed by atoms with Gasteiger partial charge in [0, 0.05) is 6.04 Å². The summed E-state index contributed by atoms with van der Waals surface area (Å²) in [7, 11) is 0. The average molecular weight is 254 g/mol. The Morgan fingerprint density at radius 3 is 2.74 bits per heavy atom. The summed E-state index contributed by atoms with van der Waals surface area (Å²) in [6.45, 7) is 2.30. The van der Waals surface area contributed by atoms with Crippen molar-refractivity contribution in [3.05, 3.63) is 23.8 Å². The smallest absolute Gasteiger partial charge is 0.201 e. The van der Waals surface area contributed by atoms with Gasteiger partial charge in [-0.25, -0.2) is 4.98 Å². The number of hydrogen-bond donors (Lipinski definition) is 1. The molecule has 98 valence electrons. The Kier molecular flexibility index (Phi) is 2.90. The fourth-order valence-corrected chi connectivity index (χ4v) is 3.07. The van der Waals surface area contributed by atoms with Crippen molar-refractivity contribution in [2.45, 2.75) is 38.6 Å². The van der Waals surface area contributed by atoms with Gasteiger partial charge < -0.3 is 10.3 Å². The van der Waals surface area contributed by atoms with Gasteiger partial charge in [0.25, 0.3) is 0 Å². The van der Waals surface area contributed by atoms with Crippen molar-refractivity contribution < 1.29 is 0 Å². The lowest BCUT2D eigenvalue weighted by Crippen LogP contribution is -2.18. The Bertz CT molecular complexity index is 642. The van der Waals surface area contributed by atoms with Gasteiger partial charge in [-0.05, 0) is 49.8 Å². The molecule has 2 aromatic rings. The summed E-state index contributed by atoms with van der Waals surface area (Å²) in [6.07, 6.45) is 4.77. The molecule has 0 saturated heterocycles. The molecular formula is C15H18N4. The molecule has 1 heterocycles. The van der Waals surface area contributed by atoms with Gasteiger partial charge in [-0.3, -0.25) is 0 Å². The molecule has 1 aliphatic rings. The Balaban J connectivity index is 2.07. The summed E-state index contributed by atoms with van der Waals surface area (Å²) >= 11 is 0. The highest BCUT2D eigenvalue weighted by Gasteiger charge is 2.23. The van der Waals surface area contributed by atoms with Crippen LogP contribution in [0.3, 0.4) is 0 Å². The number of nitriles is 1. The third kappa shape index (κ3) is 2.06. The minimum atomic E-state index is 0.426. The number of benzene rings is 1. The predicted octanol–water partition coefficient (Wildman–Crippen LogP) is 3.24. The van der Waals surface area contributed by atoms with E-state index in [1.54, 1.807) is 6.07 Å². The van der Waals surface area contributed by atoms with Gasteiger partial charge in [-0.2, -0.15) is 5.26 Å². The van der Waals surface area contributed by atoms with Gasteiger partial charge in [0.05, 0.1) is 22.7 Å². The molecular weight excluding hydrogens is 236 g/mol. The minimum Gasteiger partial charge on any atom is -0.369 e. The normalized spacial score (nSPS) is 23.4. The van der Waals surface area contributed by atoms with Gasteiger partial charge >= 0.3 is 0 Å². The highest BCUT2D eigenvalue weighted by molar-refractivity contribution is 5.80. The second kappa shape index (κ2) is 4.58. The quantitative estimate of drug-likeness (QED) is 0.849. The van der Waals surface area contributed by atoms with Gasteiger partial charge in [-0.15, -0.1) is 0 Å². The molecule has 1 aromatic carbocycles. The number of nitrogens with two attached hydrogens (primary N) is 1. The fourth-order valence-electron chi connectivity index (χ4n) is 3.07. The molecule has 0 spiro atoms. The van der Waals surface area contributed by atoms with E-state index in [2.05, 4.69) is 22.5 Å². The van der Waals surface area contributed by atoms with Crippen molar-refractivity contribution in [2.75, 3.05) is 5.73 Å². The Morgan fingerprint density at radius 2 is 2.05 bits per heavy atom. The molecule has 4 heteroatoms. The van der Waals surface area contributed by atoms with E-state index < -0.39 is 0 Å². The maximum atomic E-state index is 9.03. The Morgan fingerprint density at radius 1 is 1.32 bits per heavy atom. The number of fused-ring (bicyclic) bond motifs is 1. The van der Waals surface area contributed by atoms with Crippen molar-refractivity contribution >= 4 is 17.0 Å². The summed E-state index contributed by atoms with van der Waals surface area (Å²) in [6, 6.07) is 8.18. The Labute approximate surface area is 112 Å². The molecule has 3 rings (SSSR count). The molecule has 0 aliphatic heterocycles. The van der Waals surface area contributed by atoms with E-state index in [4.69, 9.17) is 11.0 Å². The lowest BCUT2D eigenvalue weighted by molar-refractivity contribution is 0.296. The maximum absolute atomic E-state index is 9.03.